The van der Waals surface area contributed by atoms with E-state index in [1.807, 2.05) is 13.0 Å². The van der Waals surface area contributed by atoms with E-state index in [1.54, 1.807) is 0 Å². The molecule has 0 aliphatic carbocycles. The molecule has 1 aromatic carbocycles. The molecule has 0 spiro atoms. The molecule has 0 fully saturated rings. The third-order valence-electron chi connectivity index (χ3n) is 1.94. The number of aliphatic hydroxyl groups is 1. The summed E-state index contributed by atoms with van der Waals surface area (Å²) in [6.45, 7) is 2.43. The van der Waals surface area contributed by atoms with Crippen LogP contribution >= 0.6 is 0 Å². The normalized spacial score (nSPS) is 12.5. The average Bonchev–Trinajstić information content (AvgIpc) is 2.14. The number of hydrogen-bond donors (Lipinski definition) is 2. The van der Waals surface area contributed by atoms with Crippen LogP contribution in [0.15, 0.2) is 18.2 Å². The summed E-state index contributed by atoms with van der Waals surface area (Å²) in [6.07, 6.45) is -0.585. The van der Waals surface area contributed by atoms with E-state index >= 15 is 0 Å². The maximum Gasteiger partial charge on any atom is 0.125 e. The van der Waals surface area contributed by atoms with Crippen LogP contribution < -0.4 is 5.32 Å². The van der Waals surface area contributed by atoms with Crippen molar-refractivity contribution in [2.45, 2.75) is 13.0 Å². The maximum atomic E-state index is 13.0. The number of halogens is 1. The molecule has 84 valence electrons. The number of hydrogen-bond acceptors (Lipinski definition) is 3. The van der Waals surface area contributed by atoms with Crippen LogP contribution in [0, 0.1) is 12.7 Å². The second-order valence-corrected chi connectivity index (χ2v) is 3.51. The molecule has 1 atom stereocenters. The fourth-order valence-electron chi connectivity index (χ4n) is 1.33. The molecule has 0 radical (unpaired) electrons. The Kier molecular flexibility index (Phi) is 4.52. The van der Waals surface area contributed by atoms with E-state index in [0.29, 0.717) is 12.2 Å². The van der Waals surface area contributed by atoms with Gasteiger partial charge in [0.25, 0.3) is 0 Å². The minimum atomic E-state index is -0.585. The first-order chi connectivity index (χ1) is 7.11. The zero-order valence-corrected chi connectivity index (χ0v) is 8.96. The van der Waals surface area contributed by atoms with Crippen LogP contribution in [-0.4, -0.2) is 31.5 Å². The van der Waals surface area contributed by atoms with Crippen molar-refractivity contribution in [3.05, 3.63) is 29.6 Å². The smallest absolute Gasteiger partial charge is 0.125 e. The number of aliphatic hydroxyl groups excluding tert-OH is 1. The lowest BCUT2D eigenvalue weighted by Crippen LogP contribution is -2.24. The monoisotopic (exact) mass is 213 g/mol. The lowest BCUT2D eigenvalue weighted by Gasteiger charge is -2.12. The number of nitrogens with one attached hydrogen (secondary N) is 1. The van der Waals surface area contributed by atoms with E-state index in [9.17, 15) is 9.50 Å². The summed E-state index contributed by atoms with van der Waals surface area (Å²) >= 11 is 0. The molecule has 2 N–H and O–H groups in total. The Hall–Kier alpha value is -1.13. The molecule has 0 heterocycles. The molecule has 15 heavy (non-hydrogen) atoms. The van der Waals surface area contributed by atoms with Gasteiger partial charge >= 0.3 is 0 Å². The fraction of sp³-hybridized carbons (Fsp3) is 0.455. The van der Waals surface area contributed by atoms with Crippen LogP contribution in [0.25, 0.3) is 0 Å². The molecule has 0 saturated carbocycles. The molecule has 4 heteroatoms. The van der Waals surface area contributed by atoms with E-state index in [4.69, 9.17) is 4.74 Å². The quantitative estimate of drug-likeness (QED) is 0.779. The summed E-state index contributed by atoms with van der Waals surface area (Å²) < 4.78 is 17.7. The van der Waals surface area contributed by atoms with Crippen molar-refractivity contribution < 1.29 is 14.2 Å². The fourth-order valence-corrected chi connectivity index (χ4v) is 1.33. The molecule has 1 rings (SSSR count). The van der Waals surface area contributed by atoms with Gasteiger partial charge in [-0.05, 0) is 30.7 Å². The third-order valence-corrected chi connectivity index (χ3v) is 1.94. The van der Waals surface area contributed by atoms with Crippen LogP contribution in [0.1, 0.15) is 5.56 Å². The third kappa shape index (κ3) is 4.27. The van der Waals surface area contributed by atoms with E-state index < -0.39 is 6.10 Å². The summed E-state index contributed by atoms with van der Waals surface area (Å²) in [6, 6.07) is 4.67. The highest BCUT2D eigenvalue weighted by atomic mass is 19.1. The lowest BCUT2D eigenvalue weighted by molar-refractivity contribution is 0.0727. The minimum absolute atomic E-state index is 0.265. The van der Waals surface area contributed by atoms with E-state index in [0.717, 1.165) is 5.56 Å². The van der Waals surface area contributed by atoms with Gasteiger partial charge in [0.1, 0.15) is 5.82 Å². The topological polar surface area (TPSA) is 41.5 Å². The molecule has 3 nitrogen and oxygen atoms in total. The van der Waals surface area contributed by atoms with Crippen LogP contribution in [0.3, 0.4) is 0 Å². The Balaban J connectivity index is 2.50. The Morgan fingerprint density at radius 1 is 1.47 bits per heavy atom. The molecular formula is C11H16FNO2. The zero-order valence-electron chi connectivity index (χ0n) is 8.96. The number of methoxy groups -OCH3 is 1. The van der Waals surface area contributed by atoms with Crippen molar-refractivity contribution in [1.29, 1.82) is 0 Å². The molecular weight excluding hydrogens is 197 g/mol. The first-order valence-electron chi connectivity index (χ1n) is 4.80. The predicted molar refractivity (Wildman–Crippen MR) is 57.5 cm³/mol. The molecule has 0 aliphatic heterocycles. The minimum Gasteiger partial charge on any atom is -0.389 e. The first-order valence-corrected chi connectivity index (χ1v) is 4.80. The Labute approximate surface area is 88.9 Å². The maximum absolute atomic E-state index is 13.0. The van der Waals surface area contributed by atoms with Gasteiger partial charge in [0, 0.05) is 19.3 Å². The first kappa shape index (κ1) is 11.9. The van der Waals surface area contributed by atoms with Crippen molar-refractivity contribution in [3.63, 3.8) is 0 Å². The van der Waals surface area contributed by atoms with Gasteiger partial charge in [0.05, 0.1) is 12.7 Å². The van der Waals surface area contributed by atoms with Gasteiger partial charge in [0.15, 0.2) is 0 Å². The molecule has 0 aromatic heterocycles. The largest absolute Gasteiger partial charge is 0.389 e. The van der Waals surface area contributed by atoms with Gasteiger partial charge in [-0.1, -0.05) is 0 Å². The number of anilines is 1. The van der Waals surface area contributed by atoms with E-state index in [1.165, 1.54) is 19.2 Å². The molecule has 0 saturated heterocycles. The summed E-state index contributed by atoms with van der Waals surface area (Å²) in [5, 5.41) is 12.3. The standard InChI is InChI=1S/C11H16FNO2/c1-8-3-9(12)5-10(4-8)13-6-11(14)7-15-2/h3-5,11,13-14H,6-7H2,1-2H3. The Bertz CT molecular complexity index is 297. The highest BCUT2D eigenvalue weighted by Crippen LogP contribution is 2.12. The van der Waals surface area contributed by atoms with Crippen molar-refractivity contribution in [1.82, 2.24) is 0 Å². The summed E-state index contributed by atoms with van der Waals surface area (Å²) in [7, 11) is 1.52. The zero-order chi connectivity index (χ0) is 11.3. The molecule has 0 bridgehead atoms. The van der Waals surface area contributed by atoms with Crippen molar-refractivity contribution in [2.75, 3.05) is 25.6 Å². The van der Waals surface area contributed by atoms with Gasteiger partial charge in [-0.3, -0.25) is 0 Å². The molecule has 0 amide bonds. The lowest BCUT2D eigenvalue weighted by atomic mass is 10.2. The van der Waals surface area contributed by atoms with Crippen molar-refractivity contribution in [3.8, 4) is 0 Å². The number of aryl methyl sites for hydroxylation is 1. The molecule has 0 aliphatic rings. The van der Waals surface area contributed by atoms with E-state index in [-0.39, 0.29) is 12.4 Å². The Morgan fingerprint density at radius 3 is 2.80 bits per heavy atom. The van der Waals surface area contributed by atoms with Gasteiger partial charge in [-0.15, -0.1) is 0 Å². The van der Waals surface area contributed by atoms with Gasteiger partial charge in [-0.2, -0.15) is 0 Å². The highest BCUT2D eigenvalue weighted by Gasteiger charge is 2.03. The van der Waals surface area contributed by atoms with Crippen LogP contribution in [0.2, 0.25) is 0 Å². The van der Waals surface area contributed by atoms with Gasteiger partial charge in [0.2, 0.25) is 0 Å². The average molecular weight is 213 g/mol. The second kappa shape index (κ2) is 5.68. The molecule has 1 aromatic rings. The van der Waals surface area contributed by atoms with Crippen LogP contribution in [0.4, 0.5) is 10.1 Å². The van der Waals surface area contributed by atoms with E-state index in [2.05, 4.69) is 5.32 Å². The highest BCUT2D eigenvalue weighted by molar-refractivity contribution is 5.46. The van der Waals surface area contributed by atoms with Crippen molar-refractivity contribution >= 4 is 5.69 Å². The van der Waals surface area contributed by atoms with Crippen LogP contribution in [-0.2, 0) is 4.74 Å². The van der Waals surface area contributed by atoms with Crippen molar-refractivity contribution in [2.24, 2.45) is 0 Å². The Morgan fingerprint density at radius 2 is 2.20 bits per heavy atom. The van der Waals surface area contributed by atoms with Gasteiger partial charge < -0.3 is 15.2 Å². The SMILES string of the molecule is COCC(O)CNc1cc(C)cc(F)c1. The number of rotatable bonds is 5. The summed E-state index contributed by atoms with van der Waals surface area (Å²) in [4.78, 5) is 0. The number of benzene rings is 1. The van der Waals surface area contributed by atoms with Gasteiger partial charge in [-0.25, -0.2) is 4.39 Å². The summed E-state index contributed by atoms with van der Waals surface area (Å²) in [5.74, 6) is -0.279. The van der Waals surface area contributed by atoms with Crippen LogP contribution in [0.5, 0.6) is 0 Å². The number of ether oxygens (including phenoxy) is 1. The second-order valence-electron chi connectivity index (χ2n) is 3.51. The molecule has 1 unspecified atom stereocenters. The predicted octanol–water partition coefficient (Wildman–Crippen LogP) is 1.55. The summed E-state index contributed by atoms with van der Waals surface area (Å²) in [5.41, 5.74) is 1.52.